The average molecular weight is 427 g/mol. The maximum absolute atomic E-state index is 12.6. The van der Waals surface area contributed by atoms with Gasteiger partial charge in [-0.25, -0.2) is 8.42 Å². The molecule has 0 saturated carbocycles. The highest BCUT2D eigenvalue weighted by Crippen LogP contribution is 2.21. The third-order valence-corrected chi connectivity index (χ3v) is 6.62. The summed E-state index contributed by atoms with van der Waals surface area (Å²) in [6, 6.07) is 17.4. The van der Waals surface area contributed by atoms with E-state index in [2.05, 4.69) is 10.5 Å². The Morgan fingerprint density at radius 3 is 2.43 bits per heavy atom. The summed E-state index contributed by atoms with van der Waals surface area (Å²) in [6.45, 7) is 1.45. The molecule has 4 rings (SSSR count). The summed E-state index contributed by atoms with van der Waals surface area (Å²) in [5.74, 6) is 0.160. The monoisotopic (exact) mass is 427 g/mol. The molecule has 2 heterocycles. The Kier molecular flexibility index (Phi) is 5.93. The fourth-order valence-electron chi connectivity index (χ4n) is 3.15. The van der Waals surface area contributed by atoms with Crippen LogP contribution < -0.4 is 5.32 Å². The van der Waals surface area contributed by atoms with E-state index in [1.165, 1.54) is 16.4 Å². The SMILES string of the molecule is O=C(Cc1cc(-c2ccccc2)no1)Nc1ccc(S(=O)(=O)N2CCOCC2)cc1. The molecule has 1 amide bonds. The summed E-state index contributed by atoms with van der Waals surface area (Å²) in [6.07, 6.45) is 0.0215. The van der Waals surface area contributed by atoms with Crippen molar-refractivity contribution in [1.29, 1.82) is 0 Å². The molecule has 9 heteroatoms. The third kappa shape index (κ3) is 4.59. The van der Waals surface area contributed by atoms with E-state index >= 15 is 0 Å². The van der Waals surface area contributed by atoms with E-state index in [9.17, 15) is 13.2 Å². The summed E-state index contributed by atoms with van der Waals surface area (Å²) < 4.78 is 37.1. The molecule has 0 atom stereocenters. The van der Waals surface area contributed by atoms with E-state index in [1.54, 1.807) is 18.2 Å². The van der Waals surface area contributed by atoms with E-state index in [0.717, 1.165) is 5.56 Å². The number of rotatable bonds is 6. The second kappa shape index (κ2) is 8.78. The second-order valence-corrected chi connectivity index (χ2v) is 8.75. The maximum Gasteiger partial charge on any atom is 0.243 e. The van der Waals surface area contributed by atoms with Crippen molar-refractivity contribution in [1.82, 2.24) is 9.46 Å². The molecule has 156 valence electrons. The number of benzene rings is 2. The fourth-order valence-corrected chi connectivity index (χ4v) is 4.56. The molecule has 0 unspecified atom stereocenters. The van der Waals surface area contributed by atoms with Gasteiger partial charge in [-0.2, -0.15) is 4.31 Å². The van der Waals surface area contributed by atoms with Crippen LogP contribution in [-0.4, -0.2) is 50.1 Å². The Bertz CT molecular complexity index is 1110. The van der Waals surface area contributed by atoms with Gasteiger partial charge in [-0.1, -0.05) is 35.5 Å². The van der Waals surface area contributed by atoms with Gasteiger partial charge < -0.3 is 14.6 Å². The minimum atomic E-state index is -3.56. The molecule has 2 aromatic carbocycles. The number of morpholine rings is 1. The molecule has 1 aliphatic heterocycles. The van der Waals surface area contributed by atoms with E-state index in [0.29, 0.717) is 43.4 Å². The molecule has 0 bridgehead atoms. The third-order valence-electron chi connectivity index (χ3n) is 4.71. The zero-order valence-corrected chi connectivity index (χ0v) is 17.0. The van der Waals surface area contributed by atoms with Crippen molar-refractivity contribution in [2.45, 2.75) is 11.3 Å². The zero-order valence-electron chi connectivity index (χ0n) is 16.2. The molecule has 0 radical (unpaired) electrons. The molecule has 3 aromatic rings. The predicted octanol–water partition coefficient (Wildman–Crippen LogP) is 2.54. The number of nitrogens with one attached hydrogen (secondary N) is 1. The smallest absolute Gasteiger partial charge is 0.243 e. The van der Waals surface area contributed by atoms with Gasteiger partial charge in [-0.3, -0.25) is 4.79 Å². The van der Waals surface area contributed by atoms with Crippen molar-refractivity contribution in [2.24, 2.45) is 0 Å². The van der Waals surface area contributed by atoms with Crippen molar-refractivity contribution in [3.8, 4) is 11.3 Å². The van der Waals surface area contributed by atoms with Crippen LogP contribution >= 0.6 is 0 Å². The Balaban J connectivity index is 1.38. The van der Waals surface area contributed by atoms with Gasteiger partial charge in [0, 0.05) is 30.4 Å². The normalized spacial score (nSPS) is 15.1. The van der Waals surface area contributed by atoms with E-state index < -0.39 is 10.0 Å². The molecule has 0 spiro atoms. The molecule has 1 aliphatic rings. The quantitative estimate of drug-likeness (QED) is 0.649. The molecule has 0 aliphatic carbocycles. The lowest BCUT2D eigenvalue weighted by Gasteiger charge is -2.26. The number of carbonyl (C=O) groups is 1. The van der Waals surface area contributed by atoms with Crippen molar-refractivity contribution in [3.05, 3.63) is 66.4 Å². The summed E-state index contributed by atoms with van der Waals surface area (Å²) in [5.41, 5.74) is 2.07. The van der Waals surface area contributed by atoms with Crippen molar-refractivity contribution >= 4 is 21.6 Å². The standard InChI is InChI=1S/C21H21N3O5S/c25-21(15-18-14-20(23-29-18)16-4-2-1-3-5-16)22-17-6-8-19(9-7-17)30(26,27)24-10-12-28-13-11-24/h1-9,14H,10-13,15H2,(H,22,25). The first-order valence-corrected chi connectivity index (χ1v) is 11.0. The Labute approximate surface area is 174 Å². The van der Waals surface area contributed by atoms with Crippen molar-refractivity contribution in [3.63, 3.8) is 0 Å². The molecule has 8 nitrogen and oxygen atoms in total. The van der Waals surface area contributed by atoms with Crippen LogP contribution in [0.4, 0.5) is 5.69 Å². The number of hydrogen-bond acceptors (Lipinski definition) is 6. The topological polar surface area (TPSA) is 102 Å². The van der Waals surface area contributed by atoms with Crippen LogP contribution in [0.25, 0.3) is 11.3 Å². The number of carbonyl (C=O) groups excluding carboxylic acids is 1. The highest BCUT2D eigenvalue weighted by Gasteiger charge is 2.26. The minimum absolute atomic E-state index is 0.0215. The molecular weight excluding hydrogens is 406 g/mol. The lowest BCUT2D eigenvalue weighted by atomic mass is 10.1. The predicted molar refractivity (Wildman–Crippen MR) is 110 cm³/mol. The number of ether oxygens (including phenoxy) is 1. The van der Waals surface area contributed by atoms with Crippen LogP contribution in [0.1, 0.15) is 5.76 Å². The summed E-state index contributed by atoms with van der Waals surface area (Å²) in [4.78, 5) is 12.5. The second-order valence-electron chi connectivity index (χ2n) is 6.81. The van der Waals surface area contributed by atoms with Crippen LogP contribution in [0, 0.1) is 0 Å². The zero-order chi connectivity index (χ0) is 21.0. The molecular formula is C21H21N3O5S. The molecule has 30 heavy (non-hydrogen) atoms. The van der Waals surface area contributed by atoms with Crippen LogP contribution in [-0.2, 0) is 26.0 Å². The Morgan fingerprint density at radius 2 is 1.73 bits per heavy atom. The first-order chi connectivity index (χ1) is 14.5. The minimum Gasteiger partial charge on any atom is -0.379 e. The lowest BCUT2D eigenvalue weighted by Crippen LogP contribution is -2.40. The lowest BCUT2D eigenvalue weighted by molar-refractivity contribution is -0.115. The van der Waals surface area contributed by atoms with Crippen LogP contribution in [0.2, 0.25) is 0 Å². The molecule has 1 N–H and O–H groups in total. The molecule has 1 fully saturated rings. The largest absolute Gasteiger partial charge is 0.379 e. The molecule has 1 aromatic heterocycles. The fraction of sp³-hybridized carbons (Fsp3) is 0.238. The van der Waals surface area contributed by atoms with Gasteiger partial charge in [-0.05, 0) is 24.3 Å². The van der Waals surface area contributed by atoms with Crippen LogP contribution in [0.3, 0.4) is 0 Å². The van der Waals surface area contributed by atoms with Gasteiger partial charge in [0.25, 0.3) is 0 Å². The number of hydrogen-bond donors (Lipinski definition) is 1. The number of amides is 1. The van der Waals surface area contributed by atoms with Gasteiger partial charge >= 0.3 is 0 Å². The average Bonchev–Trinajstić information content (AvgIpc) is 3.24. The number of anilines is 1. The van der Waals surface area contributed by atoms with E-state index in [-0.39, 0.29) is 17.2 Å². The van der Waals surface area contributed by atoms with Gasteiger partial charge in [0.15, 0.2) is 0 Å². The number of sulfonamides is 1. The number of nitrogens with zero attached hydrogens (tertiary/aromatic N) is 2. The number of aromatic nitrogens is 1. The van der Waals surface area contributed by atoms with Gasteiger partial charge in [0.2, 0.25) is 15.9 Å². The first-order valence-electron chi connectivity index (χ1n) is 9.51. The summed E-state index contributed by atoms with van der Waals surface area (Å²) in [5, 5.41) is 6.74. The first kappa shape index (κ1) is 20.3. The highest BCUT2D eigenvalue weighted by molar-refractivity contribution is 7.89. The van der Waals surface area contributed by atoms with Crippen LogP contribution in [0.15, 0.2) is 70.1 Å². The van der Waals surface area contributed by atoms with E-state index in [1.807, 2.05) is 30.3 Å². The highest BCUT2D eigenvalue weighted by atomic mass is 32.2. The van der Waals surface area contributed by atoms with Crippen LogP contribution in [0.5, 0.6) is 0 Å². The Morgan fingerprint density at radius 1 is 1.03 bits per heavy atom. The maximum atomic E-state index is 12.6. The van der Waals surface area contributed by atoms with Gasteiger partial charge in [0.05, 0.1) is 24.5 Å². The van der Waals surface area contributed by atoms with Gasteiger partial charge in [0.1, 0.15) is 11.5 Å². The van der Waals surface area contributed by atoms with Crippen molar-refractivity contribution < 1.29 is 22.5 Å². The van der Waals surface area contributed by atoms with E-state index in [4.69, 9.17) is 9.26 Å². The van der Waals surface area contributed by atoms with Gasteiger partial charge in [-0.15, -0.1) is 0 Å². The Hall–Kier alpha value is -3.01. The summed E-state index contributed by atoms with van der Waals surface area (Å²) >= 11 is 0. The van der Waals surface area contributed by atoms with Crippen molar-refractivity contribution in [2.75, 3.05) is 31.6 Å². The molecule has 1 saturated heterocycles. The summed E-state index contributed by atoms with van der Waals surface area (Å²) in [7, 11) is -3.56.